The van der Waals surface area contributed by atoms with E-state index in [1.165, 1.54) is 11.8 Å². The Hall–Kier alpha value is -1.12. The fourth-order valence-electron chi connectivity index (χ4n) is 3.37. The summed E-state index contributed by atoms with van der Waals surface area (Å²) in [5.41, 5.74) is 0.261. The molecular formula is C19H31N4O4PS. The van der Waals surface area contributed by atoms with Crippen LogP contribution in [0.4, 0.5) is 0 Å². The van der Waals surface area contributed by atoms with Crippen molar-refractivity contribution < 1.29 is 14.9 Å². The van der Waals surface area contributed by atoms with Gasteiger partial charge in [0, 0.05) is 5.75 Å². The molecule has 1 fully saturated rings. The Kier molecular flexibility index (Phi) is 6.95. The first-order valence-electron chi connectivity index (χ1n) is 9.93. The molecule has 1 unspecified atom stereocenters. The largest absolute Gasteiger partial charge is 0.388 e. The van der Waals surface area contributed by atoms with Gasteiger partial charge in [-0.3, -0.25) is 9.36 Å². The normalized spacial score (nSPS) is 25.2. The van der Waals surface area contributed by atoms with Crippen molar-refractivity contribution in [1.82, 2.24) is 19.5 Å². The summed E-state index contributed by atoms with van der Waals surface area (Å²) >= 11 is 1.50. The number of aliphatic hydroxyl groups excluding tert-OH is 2. The lowest BCUT2D eigenvalue weighted by molar-refractivity contribution is -0.0400. The number of H-pyrrole nitrogens is 1. The third kappa shape index (κ3) is 4.97. The molecule has 0 amide bonds. The summed E-state index contributed by atoms with van der Waals surface area (Å²) in [7, 11) is 0. The number of unbranched alkanes of at least 4 members (excludes halogenated alkanes) is 1. The number of aryl methyl sites for hydroxylation is 1. The molecule has 0 aromatic carbocycles. The zero-order chi connectivity index (χ0) is 21.3. The molecule has 0 bridgehead atoms. The second-order valence-electron chi connectivity index (χ2n) is 8.28. The number of hydrogen-bond donors (Lipinski definition) is 3. The van der Waals surface area contributed by atoms with Gasteiger partial charge in [0.1, 0.15) is 18.0 Å². The maximum atomic E-state index is 12.4. The molecule has 1 saturated heterocycles. The number of thioether (sulfide) groups is 1. The fourth-order valence-corrected chi connectivity index (χ4v) is 5.42. The van der Waals surface area contributed by atoms with Gasteiger partial charge in [0.05, 0.1) is 6.10 Å². The molecular weight excluding hydrogens is 411 g/mol. The van der Waals surface area contributed by atoms with Gasteiger partial charge in [-0.25, -0.2) is 9.97 Å². The van der Waals surface area contributed by atoms with Crippen LogP contribution in [0.5, 0.6) is 0 Å². The number of rotatable bonds is 8. The van der Waals surface area contributed by atoms with Crippen LogP contribution in [-0.2, 0) is 4.74 Å². The van der Waals surface area contributed by atoms with Crippen LogP contribution >= 0.6 is 18.6 Å². The van der Waals surface area contributed by atoms with Gasteiger partial charge in [-0.1, -0.05) is 25.1 Å². The Morgan fingerprint density at radius 1 is 1.31 bits per heavy atom. The first-order valence-corrected chi connectivity index (χ1v) is 14.0. The maximum Gasteiger partial charge on any atom is 0.279 e. The molecule has 10 heteroatoms. The van der Waals surface area contributed by atoms with Gasteiger partial charge in [-0.15, -0.1) is 13.2 Å². The molecule has 2 aromatic heterocycles. The molecule has 0 spiro atoms. The minimum atomic E-state index is -1.28. The van der Waals surface area contributed by atoms with Crippen LogP contribution in [-0.4, -0.2) is 79.6 Å². The van der Waals surface area contributed by atoms with Crippen LogP contribution in [0, 0.1) is 6.92 Å². The van der Waals surface area contributed by atoms with E-state index in [0.717, 1.165) is 24.8 Å². The van der Waals surface area contributed by atoms with Crippen LogP contribution in [0.1, 0.15) is 38.2 Å². The summed E-state index contributed by atoms with van der Waals surface area (Å²) in [5.74, 6) is 1.29. The number of fused-ring (bicyclic) bond motifs is 1. The minimum Gasteiger partial charge on any atom is -0.388 e. The Morgan fingerprint density at radius 2 is 2.03 bits per heavy atom. The van der Waals surface area contributed by atoms with Crippen LogP contribution in [0.25, 0.3) is 11.2 Å². The van der Waals surface area contributed by atoms with Crippen LogP contribution in [0.3, 0.4) is 0 Å². The predicted molar refractivity (Wildman–Crippen MR) is 120 cm³/mol. The highest BCUT2D eigenvalue weighted by Crippen LogP contribution is 2.41. The molecule has 4 atom stereocenters. The molecule has 8 nitrogen and oxygen atoms in total. The lowest BCUT2D eigenvalue weighted by Gasteiger charge is -2.20. The smallest absolute Gasteiger partial charge is 0.279 e. The highest BCUT2D eigenvalue weighted by atomic mass is 32.2. The Balaban J connectivity index is 1.99. The van der Waals surface area contributed by atoms with Crippen LogP contribution in [0.15, 0.2) is 9.95 Å². The van der Waals surface area contributed by atoms with Gasteiger partial charge in [-0.2, -0.15) is 0 Å². The first kappa shape index (κ1) is 22.6. The third-order valence-corrected chi connectivity index (χ3v) is 7.48. The van der Waals surface area contributed by atoms with Gasteiger partial charge in [-0.05, 0) is 39.3 Å². The average Bonchev–Trinajstić information content (AvgIpc) is 3.11. The first-order chi connectivity index (χ1) is 13.6. The van der Waals surface area contributed by atoms with Crippen molar-refractivity contribution in [2.75, 3.05) is 25.2 Å². The number of aliphatic hydroxyl groups is 2. The highest BCUT2D eigenvalue weighted by Gasteiger charge is 2.45. The van der Waals surface area contributed by atoms with Crippen molar-refractivity contribution in [3.05, 3.63) is 16.2 Å². The molecule has 0 radical (unpaired) electrons. The van der Waals surface area contributed by atoms with E-state index < -0.39 is 31.4 Å². The van der Waals surface area contributed by atoms with E-state index in [4.69, 9.17) is 4.74 Å². The molecule has 3 N–H and O–H groups in total. The SMILES string of the molecule is C=P(C)(C)CCC1O[C@@H](n2c(SCCCC)nc3c(=O)[nH]c(C)nc32)[C@H](O)[C@@H]1O. The van der Waals surface area contributed by atoms with Gasteiger partial charge < -0.3 is 19.9 Å². The molecule has 2 aromatic rings. The third-order valence-electron chi connectivity index (χ3n) is 4.98. The van der Waals surface area contributed by atoms with E-state index in [-0.39, 0.29) is 11.1 Å². The summed E-state index contributed by atoms with van der Waals surface area (Å²) in [5, 5.41) is 21.9. The Morgan fingerprint density at radius 3 is 2.69 bits per heavy atom. The van der Waals surface area contributed by atoms with Crippen molar-refractivity contribution in [3.63, 3.8) is 0 Å². The van der Waals surface area contributed by atoms with E-state index in [1.807, 2.05) is 0 Å². The lowest BCUT2D eigenvalue weighted by Crippen LogP contribution is -2.32. The molecule has 1 aliphatic heterocycles. The number of ether oxygens (including phenoxy) is 1. The number of nitrogens with one attached hydrogen (secondary N) is 1. The van der Waals surface area contributed by atoms with E-state index in [2.05, 4.69) is 41.5 Å². The number of aromatic nitrogens is 4. The van der Waals surface area contributed by atoms with E-state index in [1.54, 1.807) is 11.5 Å². The number of imidazole rings is 1. The number of nitrogens with zero attached hydrogens (tertiary/aromatic N) is 3. The minimum absolute atomic E-state index is 0.216. The monoisotopic (exact) mass is 442 g/mol. The van der Waals surface area contributed by atoms with Gasteiger partial charge in [0.15, 0.2) is 22.5 Å². The van der Waals surface area contributed by atoms with Crippen molar-refractivity contribution in [1.29, 1.82) is 0 Å². The van der Waals surface area contributed by atoms with Crippen molar-refractivity contribution in [2.24, 2.45) is 0 Å². The van der Waals surface area contributed by atoms with Gasteiger partial charge in [0.2, 0.25) is 0 Å². The lowest BCUT2D eigenvalue weighted by atomic mass is 10.1. The number of aromatic amines is 1. The quantitative estimate of drug-likeness (QED) is 0.326. The topological polar surface area (TPSA) is 113 Å². The van der Waals surface area contributed by atoms with Crippen molar-refractivity contribution >= 4 is 36.1 Å². The molecule has 3 heterocycles. The highest BCUT2D eigenvalue weighted by molar-refractivity contribution is 7.99. The summed E-state index contributed by atoms with van der Waals surface area (Å²) in [6.45, 7) is 6.79. The van der Waals surface area contributed by atoms with Gasteiger partial charge >= 0.3 is 0 Å². The predicted octanol–water partition coefficient (Wildman–Crippen LogP) is 2.04. The van der Waals surface area contributed by atoms with Gasteiger partial charge in [0.25, 0.3) is 5.56 Å². The second kappa shape index (κ2) is 8.94. The van der Waals surface area contributed by atoms with Crippen molar-refractivity contribution in [2.45, 2.75) is 62.8 Å². The fraction of sp³-hybridized carbons (Fsp3) is 0.684. The molecule has 0 aliphatic carbocycles. The standard InChI is InChI=1S/C19H31N4O4PS/c1-6-7-10-29-19-22-13-16(20-11(2)21-17(13)26)23(19)18-15(25)14(24)12(27-18)8-9-28(3,4)5/h12,14-15,18,24-25H,3,6-10H2,1-2,4-5H3,(H,20,21,26)/t12?,14-,15-,18-/m1/s1. The summed E-state index contributed by atoms with van der Waals surface area (Å²) in [6.07, 6.45) is 4.24. The number of hydrogen-bond acceptors (Lipinski definition) is 7. The molecule has 3 rings (SSSR count). The summed E-state index contributed by atoms with van der Waals surface area (Å²) in [6, 6.07) is 0. The summed E-state index contributed by atoms with van der Waals surface area (Å²) in [4.78, 5) is 24.0. The van der Waals surface area contributed by atoms with Crippen LogP contribution < -0.4 is 5.56 Å². The average molecular weight is 443 g/mol. The van der Waals surface area contributed by atoms with Crippen molar-refractivity contribution in [3.8, 4) is 0 Å². The van der Waals surface area contributed by atoms with E-state index in [9.17, 15) is 15.0 Å². The maximum absolute atomic E-state index is 12.4. The zero-order valence-corrected chi connectivity index (χ0v) is 19.2. The van der Waals surface area contributed by atoms with Crippen LogP contribution in [0.2, 0.25) is 0 Å². The second-order valence-corrected chi connectivity index (χ2v) is 13.7. The summed E-state index contributed by atoms with van der Waals surface area (Å²) < 4.78 is 7.78. The molecule has 0 saturated carbocycles. The molecule has 162 valence electrons. The van der Waals surface area contributed by atoms with E-state index >= 15 is 0 Å². The zero-order valence-electron chi connectivity index (χ0n) is 17.5. The molecule has 1 aliphatic rings. The Labute approximate surface area is 175 Å². The van der Waals surface area contributed by atoms with E-state index in [0.29, 0.717) is 23.0 Å². The molecule has 29 heavy (non-hydrogen) atoms. The Bertz CT molecular complexity index is 969.